The number of aryl methyl sites for hydroxylation is 2. The highest BCUT2D eigenvalue weighted by molar-refractivity contribution is 7.11. The largest absolute Gasteiger partial charge is 0.378 e. The third-order valence-electron chi connectivity index (χ3n) is 2.43. The molecule has 0 aliphatic carbocycles. The summed E-state index contributed by atoms with van der Waals surface area (Å²) in [6, 6.07) is 0.306. The van der Waals surface area contributed by atoms with Crippen molar-refractivity contribution in [3.63, 3.8) is 0 Å². The highest BCUT2D eigenvalue weighted by Crippen LogP contribution is 2.24. The molecule has 1 unspecified atom stereocenters. The Morgan fingerprint density at radius 3 is 3.07 bits per heavy atom. The maximum absolute atomic E-state index is 5.44. The van der Waals surface area contributed by atoms with Crippen LogP contribution in [0.15, 0.2) is 0 Å². The molecule has 3 nitrogen and oxygen atoms in total. The van der Waals surface area contributed by atoms with Crippen molar-refractivity contribution >= 4 is 11.3 Å². The van der Waals surface area contributed by atoms with Crippen LogP contribution in [0, 0.1) is 6.92 Å². The molecule has 14 heavy (non-hydrogen) atoms. The van der Waals surface area contributed by atoms with Gasteiger partial charge in [0.2, 0.25) is 0 Å². The number of thiazole rings is 1. The van der Waals surface area contributed by atoms with Gasteiger partial charge in [0.25, 0.3) is 0 Å². The Morgan fingerprint density at radius 2 is 2.50 bits per heavy atom. The van der Waals surface area contributed by atoms with E-state index >= 15 is 0 Å². The fourth-order valence-corrected chi connectivity index (χ4v) is 2.61. The average molecular weight is 212 g/mol. The highest BCUT2D eigenvalue weighted by atomic mass is 32.1. The van der Waals surface area contributed by atoms with E-state index in [4.69, 9.17) is 4.74 Å². The molecule has 0 bridgehead atoms. The summed E-state index contributed by atoms with van der Waals surface area (Å²) in [5.74, 6) is 0. The van der Waals surface area contributed by atoms with Gasteiger partial charge in [-0.25, -0.2) is 4.98 Å². The first-order valence-corrected chi connectivity index (χ1v) is 5.90. The molecule has 1 fully saturated rings. The molecule has 1 N–H and O–H groups in total. The number of aromatic nitrogens is 1. The number of rotatable bonds is 2. The summed E-state index contributed by atoms with van der Waals surface area (Å²) in [5.41, 5.74) is 1.19. The predicted molar refractivity (Wildman–Crippen MR) is 57.8 cm³/mol. The average Bonchev–Trinajstić information content (AvgIpc) is 2.61. The van der Waals surface area contributed by atoms with Crippen molar-refractivity contribution in [1.29, 1.82) is 0 Å². The molecule has 0 aromatic carbocycles. The third kappa shape index (κ3) is 1.97. The normalized spacial score (nSPS) is 22.6. The summed E-state index contributed by atoms with van der Waals surface area (Å²) in [5, 5.41) is 4.66. The first kappa shape index (κ1) is 10.1. The van der Waals surface area contributed by atoms with Crippen molar-refractivity contribution in [1.82, 2.24) is 10.3 Å². The van der Waals surface area contributed by atoms with Gasteiger partial charge in [-0.3, -0.25) is 0 Å². The second kappa shape index (κ2) is 4.38. The Balaban J connectivity index is 2.17. The fourth-order valence-electron chi connectivity index (χ4n) is 1.68. The lowest BCUT2D eigenvalue weighted by Crippen LogP contribution is -2.35. The molecule has 0 radical (unpaired) electrons. The van der Waals surface area contributed by atoms with Gasteiger partial charge in [-0.2, -0.15) is 0 Å². The molecule has 2 rings (SSSR count). The van der Waals surface area contributed by atoms with Crippen molar-refractivity contribution in [3.05, 3.63) is 15.6 Å². The lowest BCUT2D eigenvalue weighted by molar-refractivity contribution is 0.0756. The van der Waals surface area contributed by atoms with Gasteiger partial charge in [0.05, 0.1) is 30.0 Å². The van der Waals surface area contributed by atoms with Gasteiger partial charge in [-0.1, -0.05) is 6.92 Å². The standard InChI is InChI=1S/C10H16N2OS/c1-3-9-12-10(7(2)14-9)8-6-13-5-4-11-8/h8,11H,3-6H2,1-2H3. The minimum absolute atomic E-state index is 0.306. The zero-order chi connectivity index (χ0) is 9.97. The molecule has 78 valence electrons. The quantitative estimate of drug-likeness (QED) is 0.810. The molecule has 0 spiro atoms. The maximum Gasteiger partial charge on any atom is 0.0929 e. The Labute approximate surface area is 88.5 Å². The smallest absolute Gasteiger partial charge is 0.0929 e. The summed E-state index contributed by atoms with van der Waals surface area (Å²) < 4.78 is 5.44. The summed E-state index contributed by atoms with van der Waals surface area (Å²) in [7, 11) is 0. The van der Waals surface area contributed by atoms with Crippen LogP contribution in [0.25, 0.3) is 0 Å². The van der Waals surface area contributed by atoms with Gasteiger partial charge in [0, 0.05) is 11.4 Å². The van der Waals surface area contributed by atoms with E-state index in [2.05, 4.69) is 24.1 Å². The lowest BCUT2D eigenvalue weighted by Gasteiger charge is -2.22. The van der Waals surface area contributed by atoms with E-state index in [-0.39, 0.29) is 0 Å². The van der Waals surface area contributed by atoms with Crippen LogP contribution < -0.4 is 5.32 Å². The zero-order valence-corrected chi connectivity index (χ0v) is 9.49. The molecular weight excluding hydrogens is 196 g/mol. The van der Waals surface area contributed by atoms with E-state index in [1.807, 2.05) is 0 Å². The molecule has 0 saturated carbocycles. The summed E-state index contributed by atoms with van der Waals surface area (Å²) in [6.07, 6.45) is 1.03. The van der Waals surface area contributed by atoms with Gasteiger partial charge in [-0.05, 0) is 13.3 Å². The second-order valence-corrected chi connectivity index (χ2v) is 4.77. The van der Waals surface area contributed by atoms with Crippen molar-refractivity contribution in [2.24, 2.45) is 0 Å². The zero-order valence-electron chi connectivity index (χ0n) is 8.67. The van der Waals surface area contributed by atoms with Crippen LogP contribution in [-0.4, -0.2) is 24.7 Å². The first-order chi connectivity index (χ1) is 6.81. The maximum atomic E-state index is 5.44. The number of ether oxygens (including phenoxy) is 1. The van der Waals surface area contributed by atoms with Crippen LogP contribution >= 0.6 is 11.3 Å². The van der Waals surface area contributed by atoms with Gasteiger partial charge in [-0.15, -0.1) is 11.3 Å². The van der Waals surface area contributed by atoms with Crippen molar-refractivity contribution < 1.29 is 4.74 Å². The molecule has 1 aromatic heterocycles. The molecular formula is C10H16N2OS. The van der Waals surface area contributed by atoms with Gasteiger partial charge >= 0.3 is 0 Å². The molecule has 0 amide bonds. The van der Waals surface area contributed by atoms with Crippen LogP contribution in [0.5, 0.6) is 0 Å². The predicted octanol–water partition coefficient (Wildman–Crippen LogP) is 1.67. The number of morpholine rings is 1. The van der Waals surface area contributed by atoms with Crippen LogP contribution in [0.2, 0.25) is 0 Å². The van der Waals surface area contributed by atoms with Crippen LogP contribution in [-0.2, 0) is 11.2 Å². The first-order valence-electron chi connectivity index (χ1n) is 5.08. The highest BCUT2D eigenvalue weighted by Gasteiger charge is 2.20. The van der Waals surface area contributed by atoms with E-state index in [1.54, 1.807) is 11.3 Å². The topological polar surface area (TPSA) is 34.1 Å². The Morgan fingerprint density at radius 1 is 1.64 bits per heavy atom. The summed E-state index contributed by atoms with van der Waals surface area (Å²) >= 11 is 1.80. The van der Waals surface area contributed by atoms with Crippen LogP contribution in [0.1, 0.15) is 28.5 Å². The second-order valence-electron chi connectivity index (χ2n) is 3.48. The van der Waals surface area contributed by atoms with E-state index < -0.39 is 0 Å². The molecule has 2 heterocycles. The van der Waals surface area contributed by atoms with E-state index in [0.717, 1.165) is 26.2 Å². The van der Waals surface area contributed by atoms with Crippen molar-refractivity contribution in [2.75, 3.05) is 19.8 Å². The van der Waals surface area contributed by atoms with E-state index in [0.29, 0.717) is 6.04 Å². The Bertz CT molecular complexity index is 305. The molecule has 1 aliphatic rings. The summed E-state index contributed by atoms with van der Waals surface area (Å²) in [4.78, 5) is 5.95. The summed E-state index contributed by atoms with van der Waals surface area (Å²) in [6.45, 7) is 6.80. The minimum atomic E-state index is 0.306. The molecule has 1 atom stereocenters. The number of nitrogens with one attached hydrogen (secondary N) is 1. The number of nitrogens with zero attached hydrogens (tertiary/aromatic N) is 1. The Kier molecular flexibility index (Phi) is 3.15. The number of hydrogen-bond donors (Lipinski definition) is 1. The molecule has 1 aromatic rings. The van der Waals surface area contributed by atoms with Gasteiger partial charge < -0.3 is 10.1 Å². The van der Waals surface area contributed by atoms with Gasteiger partial charge in [0.15, 0.2) is 0 Å². The van der Waals surface area contributed by atoms with Crippen LogP contribution in [0.3, 0.4) is 0 Å². The third-order valence-corrected chi connectivity index (χ3v) is 3.56. The van der Waals surface area contributed by atoms with Crippen molar-refractivity contribution in [2.45, 2.75) is 26.3 Å². The van der Waals surface area contributed by atoms with E-state index in [1.165, 1.54) is 15.6 Å². The van der Waals surface area contributed by atoms with Crippen molar-refractivity contribution in [3.8, 4) is 0 Å². The Hall–Kier alpha value is -0.450. The molecule has 1 saturated heterocycles. The monoisotopic (exact) mass is 212 g/mol. The lowest BCUT2D eigenvalue weighted by atomic mass is 10.2. The van der Waals surface area contributed by atoms with E-state index in [9.17, 15) is 0 Å². The SMILES string of the molecule is CCc1nc(C2COCCN2)c(C)s1. The molecule has 1 aliphatic heterocycles. The fraction of sp³-hybridized carbons (Fsp3) is 0.700. The van der Waals surface area contributed by atoms with Crippen LogP contribution in [0.4, 0.5) is 0 Å². The minimum Gasteiger partial charge on any atom is -0.378 e. The number of hydrogen-bond acceptors (Lipinski definition) is 4. The van der Waals surface area contributed by atoms with Gasteiger partial charge in [0.1, 0.15) is 0 Å². The molecule has 4 heteroatoms.